The third-order valence-corrected chi connectivity index (χ3v) is 13.1. The number of fused-ring (bicyclic) bond motifs is 15. The summed E-state index contributed by atoms with van der Waals surface area (Å²) < 4.78 is 9.21. The Kier molecular flexibility index (Phi) is 6.97. The van der Waals surface area contributed by atoms with E-state index in [1.165, 1.54) is 22.3 Å². The topological polar surface area (TPSA) is 50.8 Å². The number of nitriles is 1. The first-order valence-corrected chi connectivity index (χ1v) is 20.7. The van der Waals surface area contributed by atoms with Crippen molar-refractivity contribution in [3.05, 3.63) is 228 Å². The maximum Gasteiger partial charge on any atom is 0.132 e. The molecule has 4 nitrogen and oxygen atoms in total. The number of hydrogen-bond acceptors (Lipinski definition) is 3. The second-order valence-electron chi connectivity index (χ2n) is 16.1. The molecule has 2 aromatic heterocycles. The van der Waals surface area contributed by atoms with Crippen LogP contribution < -0.4 is 4.74 Å². The van der Waals surface area contributed by atoms with Crippen LogP contribution in [0.15, 0.2) is 200 Å². The van der Waals surface area contributed by atoms with Crippen LogP contribution in [-0.4, -0.2) is 9.55 Å². The Hall–Kier alpha value is -8.26. The first-order chi connectivity index (χ1) is 30.2. The summed E-state index contributed by atoms with van der Waals surface area (Å²) in [6.45, 7) is 0. The fourth-order valence-electron chi connectivity index (χ4n) is 10.5. The van der Waals surface area contributed by atoms with E-state index in [1.807, 2.05) is 12.1 Å². The van der Waals surface area contributed by atoms with Crippen LogP contribution in [0.5, 0.6) is 11.5 Å². The standard InChI is InChI=1S/C57H33N3O/c58-34-35-21-30-53-45(31-35)43-14-4-9-19-52(43)60(53)39-28-26-37(27-29-39)36-22-24-38(25-23-36)56-46-33-55-50(32-44(46)42-13-3-8-18-51(42)59-56)57(49-17-7-10-20-54(49)61-55)47-15-5-1-11-40(47)41-12-2-6-16-48(41)57/h1-33H. The molecule has 1 spiro atoms. The Morgan fingerprint density at radius 1 is 0.443 bits per heavy atom. The molecule has 0 bridgehead atoms. The molecule has 61 heavy (non-hydrogen) atoms. The van der Waals surface area contributed by atoms with Crippen molar-refractivity contribution in [2.45, 2.75) is 5.41 Å². The Labute approximate surface area is 351 Å². The molecule has 0 fully saturated rings. The quantitative estimate of drug-likeness (QED) is 0.168. The second-order valence-corrected chi connectivity index (χ2v) is 16.1. The minimum absolute atomic E-state index is 0.546. The number of ether oxygens (including phenoxy) is 1. The van der Waals surface area contributed by atoms with Gasteiger partial charge in [-0.1, -0.05) is 140 Å². The molecule has 3 heterocycles. The maximum atomic E-state index is 9.60. The molecule has 4 heteroatoms. The number of para-hydroxylation sites is 3. The zero-order valence-electron chi connectivity index (χ0n) is 32.8. The number of hydrogen-bond donors (Lipinski definition) is 0. The lowest BCUT2D eigenvalue weighted by Crippen LogP contribution is -2.32. The van der Waals surface area contributed by atoms with Crippen molar-refractivity contribution in [2.75, 3.05) is 0 Å². The Bertz CT molecular complexity index is 3640. The minimum Gasteiger partial charge on any atom is -0.457 e. The second kappa shape index (κ2) is 12.6. The van der Waals surface area contributed by atoms with Crippen LogP contribution in [0.1, 0.15) is 27.8 Å². The normalized spacial score (nSPS) is 13.2. The van der Waals surface area contributed by atoms with Crippen molar-refractivity contribution in [3.63, 3.8) is 0 Å². The van der Waals surface area contributed by atoms with E-state index in [0.717, 1.165) is 94.2 Å². The number of nitrogens with zero attached hydrogens (tertiary/aromatic N) is 3. The molecule has 282 valence electrons. The molecular weight excluding hydrogens is 743 g/mol. The van der Waals surface area contributed by atoms with Gasteiger partial charge in [-0.25, -0.2) is 4.98 Å². The highest BCUT2D eigenvalue weighted by Gasteiger charge is 2.51. The van der Waals surface area contributed by atoms with E-state index in [4.69, 9.17) is 9.72 Å². The zero-order valence-corrected chi connectivity index (χ0v) is 32.8. The summed E-state index contributed by atoms with van der Waals surface area (Å²) in [5.41, 5.74) is 15.9. The molecule has 0 unspecified atom stereocenters. The average molecular weight is 776 g/mol. The largest absolute Gasteiger partial charge is 0.457 e. The zero-order chi connectivity index (χ0) is 40.2. The Balaban J connectivity index is 0.949. The van der Waals surface area contributed by atoms with Crippen LogP contribution in [0.4, 0.5) is 0 Å². The van der Waals surface area contributed by atoms with E-state index in [0.29, 0.717) is 5.56 Å². The molecule has 1 aliphatic carbocycles. The van der Waals surface area contributed by atoms with Crippen molar-refractivity contribution >= 4 is 43.5 Å². The van der Waals surface area contributed by atoms with Crippen LogP contribution in [0.25, 0.3) is 82.7 Å². The molecule has 9 aromatic carbocycles. The molecule has 0 atom stereocenters. The van der Waals surface area contributed by atoms with Crippen molar-refractivity contribution in [1.29, 1.82) is 5.26 Å². The highest BCUT2D eigenvalue weighted by atomic mass is 16.5. The summed E-state index contributed by atoms with van der Waals surface area (Å²) in [6, 6.07) is 73.6. The number of rotatable bonds is 3. The lowest BCUT2D eigenvalue weighted by molar-refractivity contribution is 0.437. The Morgan fingerprint density at radius 2 is 1.05 bits per heavy atom. The SMILES string of the molecule is N#Cc1ccc2c(c1)c1ccccc1n2-c1ccc(-c2ccc(-c3nc4ccccc4c4cc5c(cc34)Oc3ccccc3C53c4ccccc4-c4ccccc43)cc2)cc1. The highest BCUT2D eigenvalue weighted by Crippen LogP contribution is 2.62. The smallest absolute Gasteiger partial charge is 0.132 e. The average Bonchev–Trinajstić information content (AvgIpc) is 3.81. The van der Waals surface area contributed by atoms with Gasteiger partial charge in [0.25, 0.3) is 0 Å². The lowest BCUT2D eigenvalue weighted by Gasteiger charge is -2.39. The third kappa shape index (κ3) is 4.66. The van der Waals surface area contributed by atoms with Gasteiger partial charge in [-0.15, -0.1) is 0 Å². The van der Waals surface area contributed by atoms with E-state index >= 15 is 0 Å². The van der Waals surface area contributed by atoms with Gasteiger partial charge in [0.15, 0.2) is 0 Å². The highest BCUT2D eigenvalue weighted by molar-refractivity contribution is 6.13. The van der Waals surface area contributed by atoms with Gasteiger partial charge in [0, 0.05) is 43.9 Å². The van der Waals surface area contributed by atoms with Crippen molar-refractivity contribution in [2.24, 2.45) is 0 Å². The molecule has 11 aromatic rings. The first kappa shape index (κ1) is 33.7. The third-order valence-electron chi connectivity index (χ3n) is 13.1. The van der Waals surface area contributed by atoms with Crippen molar-refractivity contribution in [3.8, 4) is 56.8 Å². The maximum absolute atomic E-state index is 9.60. The van der Waals surface area contributed by atoms with E-state index < -0.39 is 5.41 Å². The van der Waals surface area contributed by atoms with Gasteiger partial charge in [-0.05, 0) is 99.4 Å². The van der Waals surface area contributed by atoms with Gasteiger partial charge >= 0.3 is 0 Å². The van der Waals surface area contributed by atoms with E-state index in [1.54, 1.807) is 0 Å². The predicted molar refractivity (Wildman–Crippen MR) is 247 cm³/mol. The Morgan fingerprint density at radius 3 is 1.80 bits per heavy atom. The van der Waals surface area contributed by atoms with Gasteiger partial charge < -0.3 is 9.30 Å². The van der Waals surface area contributed by atoms with Crippen LogP contribution in [0.3, 0.4) is 0 Å². The molecular formula is C57H33N3O. The molecule has 0 N–H and O–H groups in total. The molecule has 2 aliphatic rings. The van der Waals surface area contributed by atoms with Gasteiger partial charge in [0.2, 0.25) is 0 Å². The van der Waals surface area contributed by atoms with Gasteiger partial charge in [0.1, 0.15) is 11.5 Å². The van der Waals surface area contributed by atoms with E-state index in [2.05, 4.69) is 199 Å². The minimum atomic E-state index is -0.546. The first-order valence-electron chi connectivity index (χ1n) is 20.7. The van der Waals surface area contributed by atoms with E-state index in [-0.39, 0.29) is 0 Å². The monoisotopic (exact) mass is 775 g/mol. The summed E-state index contributed by atoms with van der Waals surface area (Å²) in [5.74, 6) is 1.72. The van der Waals surface area contributed by atoms with Gasteiger partial charge in [-0.3, -0.25) is 0 Å². The molecule has 0 amide bonds. The van der Waals surface area contributed by atoms with Crippen LogP contribution >= 0.6 is 0 Å². The molecule has 0 saturated carbocycles. The van der Waals surface area contributed by atoms with E-state index in [9.17, 15) is 5.26 Å². The van der Waals surface area contributed by atoms with Gasteiger partial charge in [0.05, 0.1) is 39.3 Å². The fourth-order valence-corrected chi connectivity index (χ4v) is 10.5. The van der Waals surface area contributed by atoms with Crippen molar-refractivity contribution < 1.29 is 4.74 Å². The van der Waals surface area contributed by atoms with Crippen LogP contribution in [0, 0.1) is 11.3 Å². The molecule has 13 rings (SSSR count). The number of benzene rings is 9. The van der Waals surface area contributed by atoms with Crippen LogP contribution in [0.2, 0.25) is 0 Å². The summed E-state index contributed by atoms with van der Waals surface area (Å²) in [6.07, 6.45) is 0. The fraction of sp³-hybridized carbons (Fsp3) is 0.0175. The predicted octanol–water partition coefficient (Wildman–Crippen LogP) is 14.2. The summed E-state index contributed by atoms with van der Waals surface area (Å²) in [4.78, 5) is 5.35. The molecule has 0 radical (unpaired) electrons. The number of aromatic nitrogens is 2. The summed E-state index contributed by atoms with van der Waals surface area (Å²) in [7, 11) is 0. The summed E-state index contributed by atoms with van der Waals surface area (Å²) >= 11 is 0. The lowest BCUT2D eigenvalue weighted by atomic mass is 9.65. The van der Waals surface area contributed by atoms with Crippen LogP contribution in [-0.2, 0) is 5.41 Å². The van der Waals surface area contributed by atoms with Gasteiger partial charge in [-0.2, -0.15) is 5.26 Å². The number of pyridine rings is 1. The molecule has 1 aliphatic heterocycles. The molecule has 0 saturated heterocycles. The summed E-state index contributed by atoms with van der Waals surface area (Å²) in [5, 5.41) is 15.1. The van der Waals surface area contributed by atoms with Crippen molar-refractivity contribution in [1.82, 2.24) is 9.55 Å².